The number of benzene rings is 2. The van der Waals surface area contributed by atoms with E-state index in [4.69, 9.17) is 9.47 Å². The first-order chi connectivity index (χ1) is 12.6. The minimum absolute atomic E-state index is 0.0647. The van der Waals surface area contributed by atoms with Gasteiger partial charge in [-0.25, -0.2) is 0 Å². The van der Waals surface area contributed by atoms with Crippen LogP contribution in [-0.2, 0) is 5.41 Å². The van der Waals surface area contributed by atoms with E-state index in [1.54, 1.807) is 7.11 Å². The fourth-order valence-corrected chi connectivity index (χ4v) is 3.45. The Bertz CT molecular complexity index is 832. The molecule has 1 atom stereocenters. The van der Waals surface area contributed by atoms with Crippen LogP contribution in [0.2, 0.25) is 0 Å². The standard InChI is InChI=1S/C23H29NO3/c1-22(2,3)16-9-7-15(8-10-16)21(25)24-19-14-23(4,5)27-20-12-11-17(26-6)13-18(19)20/h7-13,19H,14H2,1-6H3,(H,24,25)/t19-/m0/s1. The molecule has 0 saturated carbocycles. The number of nitrogens with one attached hydrogen (secondary N) is 1. The Labute approximate surface area is 161 Å². The number of carbonyl (C=O) groups is 1. The van der Waals surface area contributed by atoms with Gasteiger partial charge >= 0.3 is 0 Å². The van der Waals surface area contributed by atoms with Crippen molar-refractivity contribution in [2.24, 2.45) is 0 Å². The smallest absolute Gasteiger partial charge is 0.251 e. The summed E-state index contributed by atoms with van der Waals surface area (Å²) < 4.78 is 11.4. The molecule has 4 heteroatoms. The van der Waals surface area contributed by atoms with Crippen molar-refractivity contribution >= 4 is 5.91 Å². The van der Waals surface area contributed by atoms with Gasteiger partial charge in [0.05, 0.1) is 13.2 Å². The molecule has 0 unspecified atom stereocenters. The van der Waals surface area contributed by atoms with Gasteiger partial charge in [-0.15, -0.1) is 0 Å². The van der Waals surface area contributed by atoms with Gasteiger partial charge < -0.3 is 14.8 Å². The Hall–Kier alpha value is -2.49. The summed E-state index contributed by atoms with van der Waals surface area (Å²) in [5, 5.41) is 3.18. The Kier molecular flexibility index (Phi) is 4.94. The number of methoxy groups -OCH3 is 1. The number of carbonyl (C=O) groups excluding carboxylic acids is 1. The van der Waals surface area contributed by atoms with Gasteiger partial charge in [0.1, 0.15) is 17.1 Å². The van der Waals surface area contributed by atoms with Crippen LogP contribution >= 0.6 is 0 Å². The van der Waals surface area contributed by atoms with Crippen molar-refractivity contribution in [3.63, 3.8) is 0 Å². The number of amides is 1. The summed E-state index contributed by atoms with van der Waals surface area (Å²) in [6.45, 7) is 10.6. The molecule has 2 aromatic carbocycles. The third kappa shape index (κ3) is 4.26. The first kappa shape index (κ1) is 19.3. The number of ether oxygens (including phenoxy) is 2. The van der Waals surface area contributed by atoms with Crippen LogP contribution in [0.15, 0.2) is 42.5 Å². The molecule has 0 spiro atoms. The summed E-state index contributed by atoms with van der Waals surface area (Å²) in [5.74, 6) is 1.47. The molecule has 1 amide bonds. The Morgan fingerprint density at radius 3 is 2.41 bits per heavy atom. The summed E-state index contributed by atoms with van der Waals surface area (Å²) in [6.07, 6.45) is 0.693. The van der Waals surface area contributed by atoms with Crippen LogP contribution in [0, 0.1) is 0 Å². The summed E-state index contributed by atoms with van der Waals surface area (Å²) in [4.78, 5) is 12.9. The van der Waals surface area contributed by atoms with E-state index in [-0.39, 0.29) is 23.0 Å². The van der Waals surface area contributed by atoms with Crippen LogP contribution < -0.4 is 14.8 Å². The monoisotopic (exact) mass is 367 g/mol. The van der Waals surface area contributed by atoms with E-state index in [2.05, 4.69) is 26.1 Å². The molecule has 4 nitrogen and oxygen atoms in total. The molecule has 3 rings (SSSR count). The fourth-order valence-electron chi connectivity index (χ4n) is 3.45. The second kappa shape index (κ2) is 6.91. The van der Waals surface area contributed by atoms with Gasteiger partial charge in [-0.3, -0.25) is 4.79 Å². The normalized spacial score (nSPS) is 18.2. The van der Waals surface area contributed by atoms with Gasteiger partial charge in [-0.2, -0.15) is 0 Å². The van der Waals surface area contributed by atoms with Crippen LogP contribution in [0.3, 0.4) is 0 Å². The lowest BCUT2D eigenvalue weighted by molar-refractivity contribution is 0.0618. The van der Waals surface area contributed by atoms with E-state index in [0.29, 0.717) is 12.0 Å². The molecule has 144 valence electrons. The number of fused-ring (bicyclic) bond motifs is 1. The highest BCUT2D eigenvalue weighted by Gasteiger charge is 2.35. The third-order valence-electron chi connectivity index (χ3n) is 4.99. The molecule has 27 heavy (non-hydrogen) atoms. The molecule has 0 radical (unpaired) electrons. The van der Waals surface area contributed by atoms with Crippen LogP contribution in [0.5, 0.6) is 11.5 Å². The minimum atomic E-state index is -0.352. The van der Waals surface area contributed by atoms with Crippen LogP contribution in [0.1, 0.15) is 68.6 Å². The first-order valence-corrected chi connectivity index (χ1v) is 9.37. The molecule has 0 bridgehead atoms. The second-order valence-corrected chi connectivity index (χ2v) is 8.82. The Balaban J connectivity index is 1.85. The van der Waals surface area contributed by atoms with Crippen LogP contribution in [-0.4, -0.2) is 18.6 Å². The maximum absolute atomic E-state index is 12.9. The highest BCUT2D eigenvalue weighted by Crippen LogP contribution is 2.41. The molecule has 0 aromatic heterocycles. The van der Waals surface area contributed by atoms with Gasteiger partial charge in [0.2, 0.25) is 0 Å². The summed E-state index contributed by atoms with van der Waals surface area (Å²) in [5.41, 5.74) is 2.54. The van der Waals surface area contributed by atoms with E-state index in [1.165, 1.54) is 5.56 Å². The maximum atomic E-state index is 12.9. The first-order valence-electron chi connectivity index (χ1n) is 9.37. The zero-order chi connectivity index (χ0) is 19.8. The van der Waals surface area contributed by atoms with Gasteiger partial charge in [0.15, 0.2) is 0 Å². The lowest BCUT2D eigenvalue weighted by Gasteiger charge is -2.38. The lowest BCUT2D eigenvalue weighted by Crippen LogP contribution is -2.41. The van der Waals surface area contributed by atoms with E-state index in [9.17, 15) is 4.79 Å². The molecule has 1 N–H and O–H groups in total. The maximum Gasteiger partial charge on any atom is 0.251 e. The van der Waals surface area contributed by atoms with E-state index < -0.39 is 0 Å². The molecule has 0 aliphatic carbocycles. The summed E-state index contributed by atoms with van der Waals surface area (Å²) in [6, 6.07) is 13.4. The predicted molar refractivity (Wildman–Crippen MR) is 108 cm³/mol. The van der Waals surface area contributed by atoms with E-state index >= 15 is 0 Å². The highest BCUT2D eigenvalue weighted by molar-refractivity contribution is 5.94. The minimum Gasteiger partial charge on any atom is -0.497 e. The molecule has 0 fully saturated rings. The van der Waals surface area contributed by atoms with Crippen LogP contribution in [0.25, 0.3) is 0 Å². The average Bonchev–Trinajstić information content (AvgIpc) is 2.60. The fraction of sp³-hybridized carbons (Fsp3) is 0.435. The molecule has 2 aromatic rings. The molecular formula is C23H29NO3. The Morgan fingerprint density at radius 1 is 1.15 bits per heavy atom. The number of hydrogen-bond acceptors (Lipinski definition) is 3. The van der Waals surface area contributed by atoms with Gasteiger partial charge in [0, 0.05) is 17.5 Å². The zero-order valence-corrected chi connectivity index (χ0v) is 17.1. The van der Waals surface area contributed by atoms with Crippen molar-refractivity contribution in [1.29, 1.82) is 0 Å². The van der Waals surface area contributed by atoms with Crippen molar-refractivity contribution in [2.45, 2.75) is 58.1 Å². The lowest BCUT2D eigenvalue weighted by atomic mass is 9.86. The highest BCUT2D eigenvalue weighted by atomic mass is 16.5. The van der Waals surface area contributed by atoms with Gasteiger partial charge in [-0.05, 0) is 55.2 Å². The SMILES string of the molecule is COc1ccc2c(c1)[C@@H](NC(=O)c1ccc(C(C)(C)C)cc1)CC(C)(C)O2. The van der Waals surface area contributed by atoms with Gasteiger partial charge in [0.25, 0.3) is 5.91 Å². The predicted octanol–water partition coefficient (Wildman–Crippen LogP) is 5.02. The van der Waals surface area contributed by atoms with Crippen molar-refractivity contribution < 1.29 is 14.3 Å². The Morgan fingerprint density at radius 2 is 1.81 bits per heavy atom. The van der Waals surface area contributed by atoms with Crippen molar-refractivity contribution in [3.8, 4) is 11.5 Å². The van der Waals surface area contributed by atoms with Crippen LogP contribution in [0.4, 0.5) is 0 Å². The van der Waals surface area contributed by atoms with Crippen molar-refractivity contribution in [2.75, 3.05) is 7.11 Å². The van der Waals surface area contributed by atoms with E-state index in [0.717, 1.165) is 17.1 Å². The topological polar surface area (TPSA) is 47.6 Å². The molecular weight excluding hydrogens is 338 g/mol. The molecule has 1 heterocycles. The largest absolute Gasteiger partial charge is 0.497 e. The molecule has 1 aliphatic rings. The molecule has 0 saturated heterocycles. The second-order valence-electron chi connectivity index (χ2n) is 8.82. The third-order valence-corrected chi connectivity index (χ3v) is 4.99. The summed E-state index contributed by atoms with van der Waals surface area (Å²) >= 11 is 0. The zero-order valence-electron chi connectivity index (χ0n) is 17.1. The van der Waals surface area contributed by atoms with Gasteiger partial charge in [-0.1, -0.05) is 32.9 Å². The quantitative estimate of drug-likeness (QED) is 0.828. The number of rotatable bonds is 3. The molecule has 1 aliphatic heterocycles. The van der Waals surface area contributed by atoms with E-state index in [1.807, 2.05) is 56.3 Å². The summed E-state index contributed by atoms with van der Waals surface area (Å²) in [7, 11) is 1.64. The average molecular weight is 367 g/mol. The van der Waals surface area contributed by atoms with Crippen molar-refractivity contribution in [1.82, 2.24) is 5.32 Å². The number of hydrogen-bond donors (Lipinski definition) is 1. The van der Waals surface area contributed by atoms with Crippen molar-refractivity contribution in [3.05, 3.63) is 59.2 Å².